The summed E-state index contributed by atoms with van der Waals surface area (Å²) in [4.78, 5) is 0. The van der Waals surface area contributed by atoms with E-state index in [4.69, 9.17) is 4.74 Å². The Bertz CT molecular complexity index is 758. The Balaban J connectivity index is 0.000000201. The van der Waals surface area contributed by atoms with Gasteiger partial charge in [0.05, 0.1) is 12.2 Å². The van der Waals surface area contributed by atoms with Gasteiger partial charge in [0.2, 0.25) is 0 Å². The number of fused-ring (bicyclic) bond motifs is 8. The number of ether oxygens (including phenoxy) is 1. The Morgan fingerprint density at radius 2 is 0.756 bits per heavy atom. The van der Waals surface area contributed by atoms with E-state index in [0.717, 1.165) is 82.9 Å². The summed E-state index contributed by atoms with van der Waals surface area (Å²) in [5.74, 6) is 14.1. The first-order valence-electron chi connectivity index (χ1n) is 20.3. The molecule has 45 heavy (non-hydrogen) atoms. The molecule has 16 atom stereocenters. The van der Waals surface area contributed by atoms with Gasteiger partial charge in [-0.3, -0.25) is 0 Å². The third-order valence-corrected chi connectivity index (χ3v) is 16.4. The molecule has 263 valence electrons. The van der Waals surface area contributed by atoms with Crippen LogP contribution in [0.1, 0.15) is 169 Å². The van der Waals surface area contributed by atoms with E-state index in [9.17, 15) is 0 Å². The van der Waals surface area contributed by atoms with Crippen LogP contribution in [0.15, 0.2) is 0 Å². The van der Waals surface area contributed by atoms with Gasteiger partial charge < -0.3 is 4.74 Å². The minimum Gasteiger partial charge on any atom is -0.374 e. The summed E-state index contributed by atoms with van der Waals surface area (Å²) >= 11 is 0. The van der Waals surface area contributed by atoms with E-state index in [1.54, 1.807) is 6.42 Å². The third kappa shape index (κ3) is 8.52. The molecule has 0 aromatic rings. The van der Waals surface area contributed by atoms with Crippen molar-refractivity contribution < 1.29 is 37.4 Å². The van der Waals surface area contributed by atoms with Gasteiger partial charge in [0.15, 0.2) is 0 Å². The second-order valence-electron chi connectivity index (χ2n) is 18.4. The minimum atomic E-state index is 0. The maximum absolute atomic E-state index is 5.70. The maximum atomic E-state index is 5.70. The van der Waals surface area contributed by atoms with Gasteiger partial charge in [-0.25, -0.2) is 0 Å². The van der Waals surface area contributed by atoms with Crippen LogP contribution in [0.25, 0.3) is 0 Å². The van der Waals surface area contributed by atoms with Crippen LogP contribution < -0.4 is 0 Å². The van der Waals surface area contributed by atoms with E-state index in [2.05, 4.69) is 83.1 Å². The molecule has 0 aromatic heterocycles. The second kappa shape index (κ2) is 17.3. The molecule has 10 fully saturated rings. The van der Waals surface area contributed by atoms with Crippen LogP contribution in [0.2, 0.25) is 0 Å². The van der Waals surface area contributed by atoms with E-state index in [1.807, 2.05) is 27.7 Å². The van der Waals surface area contributed by atoms with Crippen molar-refractivity contribution in [3.63, 3.8) is 0 Å². The number of rotatable bonds is 0. The van der Waals surface area contributed by atoms with Crippen LogP contribution in [0.5, 0.6) is 0 Å². The monoisotopic (exact) mass is 704 g/mol. The van der Waals surface area contributed by atoms with Crippen LogP contribution in [-0.2, 0) is 37.4 Å². The molecule has 1 radical (unpaired) electrons. The molecular formula is C43H82OY. The molecule has 2 saturated heterocycles. The van der Waals surface area contributed by atoms with Gasteiger partial charge in [-0.2, -0.15) is 0 Å². The van der Waals surface area contributed by atoms with Crippen molar-refractivity contribution in [3.8, 4) is 0 Å². The Kier molecular flexibility index (Phi) is 16.3. The van der Waals surface area contributed by atoms with Crippen molar-refractivity contribution in [1.82, 2.24) is 0 Å². The van der Waals surface area contributed by atoms with E-state index < -0.39 is 0 Å². The predicted octanol–water partition coefficient (Wildman–Crippen LogP) is 13.2. The summed E-state index contributed by atoms with van der Waals surface area (Å²) in [5, 5.41) is 0. The Morgan fingerprint density at radius 1 is 0.422 bits per heavy atom. The summed E-state index contributed by atoms with van der Waals surface area (Å²) in [6, 6.07) is 0. The van der Waals surface area contributed by atoms with Gasteiger partial charge in [0.25, 0.3) is 0 Å². The Labute approximate surface area is 310 Å². The topological polar surface area (TPSA) is 9.23 Å². The van der Waals surface area contributed by atoms with Crippen molar-refractivity contribution in [2.45, 2.75) is 181 Å². The Hall–Kier alpha value is 1.06. The first-order chi connectivity index (χ1) is 20.6. The van der Waals surface area contributed by atoms with E-state index in [-0.39, 0.29) is 32.7 Å². The molecule has 2 heterocycles. The molecule has 8 aliphatic carbocycles. The van der Waals surface area contributed by atoms with Crippen molar-refractivity contribution >= 4 is 0 Å². The molecule has 16 unspecified atom stereocenters. The van der Waals surface area contributed by atoms with Crippen molar-refractivity contribution in [3.05, 3.63) is 0 Å². The second-order valence-corrected chi connectivity index (χ2v) is 18.4. The molecular weight excluding hydrogens is 621 g/mol. The molecule has 10 rings (SSSR count). The van der Waals surface area contributed by atoms with E-state index >= 15 is 0 Å². The molecule has 2 aliphatic heterocycles. The molecule has 1 nitrogen and oxygen atoms in total. The standard InChI is InChI=1S/2C11H20.C9H16.C8H14O.2C2H6.Y/c2*1-7-5-9-6-10(8(7)2)11(9,3)4;1-6-7(2)9-4-3-8(6)5-9;1-5-6(2)8-4-3-7(5)9-8;2*1-2;/h2*7-10H,5-6H2,1-4H3;6-9H,3-5H2,1-2H3;5-8H,3-4H2,1-2H3;2*1-2H3;. The maximum Gasteiger partial charge on any atom is 0.0609 e. The van der Waals surface area contributed by atoms with Crippen LogP contribution >= 0.6 is 0 Å². The minimum absolute atomic E-state index is 0. The molecule has 10 aliphatic rings. The summed E-state index contributed by atoms with van der Waals surface area (Å²) in [5.41, 5.74) is 1.37. The van der Waals surface area contributed by atoms with E-state index in [0.29, 0.717) is 23.0 Å². The summed E-state index contributed by atoms with van der Waals surface area (Å²) in [7, 11) is 0. The van der Waals surface area contributed by atoms with Gasteiger partial charge in [0.1, 0.15) is 0 Å². The smallest absolute Gasteiger partial charge is 0.0609 e. The quantitative estimate of drug-likeness (QED) is 0.244. The zero-order valence-corrected chi connectivity index (χ0v) is 36.4. The van der Waals surface area contributed by atoms with Crippen LogP contribution in [0.3, 0.4) is 0 Å². The van der Waals surface area contributed by atoms with Gasteiger partial charge in [-0.1, -0.05) is 111 Å². The molecule has 0 amide bonds. The van der Waals surface area contributed by atoms with Gasteiger partial charge in [-0.15, -0.1) is 0 Å². The first kappa shape index (κ1) is 42.2. The summed E-state index contributed by atoms with van der Waals surface area (Å²) < 4.78 is 5.70. The molecule has 8 bridgehead atoms. The number of hydrogen-bond acceptors (Lipinski definition) is 1. The van der Waals surface area contributed by atoms with Gasteiger partial charge in [-0.05, 0) is 151 Å². The SMILES string of the molecule is CC.CC.CC1C2CCC(C2)C1C.CC1C2CCC(O2)C1C.CC1CC2CC(C1C)C2(C)C.CC1CC2CC(C1C)C2(C)C.[Y]. The zero-order chi connectivity index (χ0) is 33.3. The fourth-order valence-corrected chi connectivity index (χ4v) is 11.8. The third-order valence-electron chi connectivity index (χ3n) is 16.4. The number of hydrogen-bond donors (Lipinski definition) is 0. The normalized spacial score (nSPS) is 49.1. The van der Waals surface area contributed by atoms with Gasteiger partial charge in [0, 0.05) is 32.7 Å². The largest absolute Gasteiger partial charge is 0.374 e. The fourth-order valence-electron chi connectivity index (χ4n) is 11.8. The van der Waals surface area contributed by atoms with Crippen LogP contribution in [0, 0.1) is 93.7 Å². The van der Waals surface area contributed by atoms with Crippen LogP contribution in [0.4, 0.5) is 0 Å². The molecule has 0 N–H and O–H groups in total. The van der Waals surface area contributed by atoms with Gasteiger partial charge >= 0.3 is 0 Å². The summed E-state index contributed by atoms with van der Waals surface area (Å²) in [6.45, 7) is 37.1. The van der Waals surface area contributed by atoms with Crippen molar-refractivity contribution in [2.75, 3.05) is 0 Å². The van der Waals surface area contributed by atoms with E-state index in [1.165, 1.54) is 51.4 Å². The zero-order valence-electron chi connectivity index (χ0n) is 33.6. The molecule has 2 heteroatoms. The average molecular weight is 704 g/mol. The van der Waals surface area contributed by atoms with Crippen molar-refractivity contribution in [2.24, 2.45) is 93.7 Å². The Morgan fingerprint density at radius 3 is 0.933 bits per heavy atom. The molecule has 8 saturated carbocycles. The van der Waals surface area contributed by atoms with Crippen molar-refractivity contribution in [1.29, 1.82) is 0 Å². The average Bonchev–Trinajstić information content (AvgIpc) is 3.80. The first-order valence-corrected chi connectivity index (χ1v) is 20.3. The van der Waals surface area contributed by atoms with Crippen LogP contribution in [-0.4, -0.2) is 12.2 Å². The molecule has 0 aromatic carbocycles. The predicted molar refractivity (Wildman–Crippen MR) is 195 cm³/mol. The fraction of sp³-hybridized carbons (Fsp3) is 1.00. The molecule has 0 spiro atoms. The summed E-state index contributed by atoms with van der Waals surface area (Å²) in [6.07, 6.45) is 14.5.